The van der Waals surface area contributed by atoms with Crippen LogP contribution in [0.2, 0.25) is 0 Å². The molecule has 30 heavy (non-hydrogen) atoms. The minimum absolute atomic E-state index is 0.0388. The zero-order valence-corrected chi connectivity index (χ0v) is 17.6. The third kappa shape index (κ3) is 4.67. The van der Waals surface area contributed by atoms with Gasteiger partial charge in [-0.05, 0) is 43.4 Å². The molecule has 4 rings (SSSR count). The maximum Gasteiger partial charge on any atom is 0.225 e. The van der Waals surface area contributed by atoms with Crippen LogP contribution in [0, 0.1) is 19.8 Å². The fraction of sp³-hybridized carbons (Fsp3) is 0.320. The Bertz CT molecular complexity index is 998. The molecule has 1 amide bonds. The van der Waals surface area contributed by atoms with Gasteiger partial charge < -0.3 is 10.2 Å². The maximum atomic E-state index is 12.7. The van der Waals surface area contributed by atoms with Crippen LogP contribution in [0.5, 0.6) is 0 Å². The van der Waals surface area contributed by atoms with Crippen molar-refractivity contribution in [2.75, 3.05) is 18.0 Å². The van der Waals surface area contributed by atoms with Gasteiger partial charge in [0.05, 0.1) is 5.92 Å². The lowest BCUT2D eigenvalue weighted by Crippen LogP contribution is -2.43. The number of carbonyl (C=O) groups excluding carboxylic acids is 1. The van der Waals surface area contributed by atoms with Crippen molar-refractivity contribution in [1.82, 2.24) is 15.3 Å². The third-order valence-corrected chi connectivity index (χ3v) is 5.81. The molecule has 1 aliphatic rings. The number of amides is 1. The number of hydrogen-bond acceptors (Lipinski definition) is 4. The van der Waals surface area contributed by atoms with Gasteiger partial charge in [-0.3, -0.25) is 4.79 Å². The molecule has 0 spiro atoms. The molecule has 0 aliphatic carbocycles. The smallest absolute Gasteiger partial charge is 0.225 e. The van der Waals surface area contributed by atoms with Crippen LogP contribution in [0.15, 0.2) is 60.9 Å². The zero-order valence-electron chi connectivity index (χ0n) is 17.6. The van der Waals surface area contributed by atoms with Gasteiger partial charge in [0.1, 0.15) is 0 Å². The molecule has 0 radical (unpaired) electrons. The Morgan fingerprint density at radius 2 is 1.77 bits per heavy atom. The van der Waals surface area contributed by atoms with E-state index in [9.17, 15) is 4.79 Å². The Labute approximate surface area is 178 Å². The highest BCUT2D eigenvalue weighted by Crippen LogP contribution is 2.23. The first-order chi connectivity index (χ1) is 14.6. The van der Waals surface area contributed by atoms with E-state index < -0.39 is 0 Å². The van der Waals surface area contributed by atoms with Crippen molar-refractivity contribution < 1.29 is 4.79 Å². The molecule has 1 fully saturated rings. The van der Waals surface area contributed by atoms with E-state index >= 15 is 0 Å². The van der Waals surface area contributed by atoms with Crippen molar-refractivity contribution in [1.29, 1.82) is 0 Å². The van der Waals surface area contributed by atoms with E-state index in [1.807, 2.05) is 24.5 Å². The summed E-state index contributed by atoms with van der Waals surface area (Å²) in [5.74, 6) is 0.768. The zero-order chi connectivity index (χ0) is 20.9. The molecule has 1 atom stereocenters. The topological polar surface area (TPSA) is 58.1 Å². The van der Waals surface area contributed by atoms with Crippen LogP contribution in [-0.2, 0) is 11.3 Å². The first-order valence-electron chi connectivity index (χ1n) is 10.6. The standard InChI is InChI=1S/C25H28N4O/c1-18-9-11-20(12-10-18)23-15-27-25(28-16-23)29-13-5-8-22(17-29)24(30)26-14-21-7-4-3-6-19(21)2/h3-4,6-7,9-12,15-16,22H,5,8,13-14,17H2,1-2H3,(H,26,30)/t22-/m1/s1. The normalized spacial score (nSPS) is 16.3. The van der Waals surface area contributed by atoms with Crippen LogP contribution in [0.25, 0.3) is 11.1 Å². The Balaban J connectivity index is 1.38. The molecule has 1 aliphatic heterocycles. The predicted molar refractivity (Wildman–Crippen MR) is 120 cm³/mol. The number of aromatic nitrogens is 2. The molecule has 1 N–H and O–H groups in total. The summed E-state index contributed by atoms with van der Waals surface area (Å²) in [6.45, 7) is 6.26. The summed E-state index contributed by atoms with van der Waals surface area (Å²) in [5.41, 5.74) is 5.71. The molecule has 1 aromatic heterocycles. The van der Waals surface area contributed by atoms with Crippen LogP contribution in [-0.4, -0.2) is 29.0 Å². The summed E-state index contributed by atoms with van der Waals surface area (Å²) >= 11 is 0. The highest BCUT2D eigenvalue weighted by atomic mass is 16.1. The number of benzene rings is 2. The van der Waals surface area contributed by atoms with Crippen molar-refractivity contribution in [2.45, 2.75) is 33.2 Å². The highest BCUT2D eigenvalue weighted by Gasteiger charge is 2.27. The summed E-state index contributed by atoms with van der Waals surface area (Å²) in [7, 11) is 0. The van der Waals surface area contributed by atoms with Crippen LogP contribution >= 0.6 is 0 Å². The maximum absolute atomic E-state index is 12.7. The minimum atomic E-state index is -0.0388. The van der Waals surface area contributed by atoms with Crippen LogP contribution in [0.1, 0.15) is 29.5 Å². The number of carbonyl (C=O) groups is 1. The van der Waals surface area contributed by atoms with Gasteiger partial charge in [-0.25, -0.2) is 9.97 Å². The summed E-state index contributed by atoms with van der Waals surface area (Å²) < 4.78 is 0. The molecule has 2 aromatic carbocycles. The van der Waals surface area contributed by atoms with E-state index in [2.05, 4.69) is 70.4 Å². The Hall–Kier alpha value is -3.21. The summed E-state index contributed by atoms with van der Waals surface area (Å²) in [6, 6.07) is 16.5. The van der Waals surface area contributed by atoms with Gasteiger partial charge in [-0.1, -0.05) is 54.1 Å². The second-order valence-electron chi connectivity index (χ2n) is 8.07. The minimum Gasteiger partial charge on any atom is -0.352 e. The third-order valence-electron chi connectivity index (χ3n) is 5.81. The molecule has 5 heteroatoms. The molecular weight excluding hydrogens is 372 g/mol. The predicted octanol–water partition coefficient (Wildman–Crippen LogP) is 4.29. The average Bonchev–Trinajstić information content (AvgIpc) is 2.79. The van der Waals surface area contributed by atoms with Crippen molar-refractivity contribution in [3.05, 3.63) is 77.6 Å². The van der Waals surface area contributed by atoms with Gasteiger partial charge in [0, 0.05) is 37.6 Å². The largest absolute Gasteiger partial charge is 0.352 e. The first-order valence-corrected chi connectivity index (χ1v) is 10.6. The molecular formula is C25H28N4O. The Morgan fingerprint density at radius 3 is 2.50 bits per heavy atom. The van der Waals surface area contributed by atoms with Gasteiger partial charge in [-0.15, -0.1) is 0 Å². The van der Waals surface area contributed by atoms with Gasteiger partial charge in [0.25, 0.3) is 0 Å². The van der Waals surface area contributed by atoms with Gasteiger partial charge in [0.2, 0.25) is 11.9 Å². The lowest BCUT2D eigenvalue weighted by Gasteiger charge is -2.32. The summed E-state index contributed by atoms with van der Waals surface area (Å²) in [4.78, 5) is 24.0. The van der Waals surface area contributed by atoms with E-state index in [0.717, 1.165) is 36.1 Å². The highest BCUT2D eigenvalue weighted by molar-refractivity contribution is 5.79. The number of aryl methyl sites for hydroxylation is 2. The number of hydrogen-bond donors (Lipinski definition) is 1. The van der Waals surface area contributed by atoms with Gasteiger partial charge in [-0.2, -0.15) is 0 Å². The number of rotatable bonds is 5. The number of anilines is 1. The number of nitrogens with zero attached hydrogens (tertiary/aromatic N) is 3. The molecule has 1 saturated heterocycles. The quantitative estimate of drug-likeness (QED) is 0.694. The molecule has 0 unspecified atom stereocenters. The van der Waals surface area contributed by atoms with Crippen LogP contribution < -0.4 is 10.2 Å². The lowest BCUT2D eigenvalue weighted by molar-refractivity contribution is -0.125. The fourth-order valence-corrected chi connectivity index (χ4v) is 3.89. The van der Waals surface area contributed by atoms with Crippen LogP contribution in [0.3, 0.4) is 0 Å². The monoisotopic (exact) mass is 400 g/mol. The van der Waals surface area contributed by atoms with E-state index in [1.165, 1.54) is 11.1 Å². The molecule has 5 nitrogen and oxygen atoms in total. The Morgan fingerprint density at radius 1 is 1.03 bits per heavy atom. The molecule has 3 aromatic rings. The van der Waals surface area contributed by atoms with Crippen LogP contribution in [0.4, 0.5) is 5.95 Å². The second kappa shape index (κ2) is 9.08. The van der Waals surface area contributed by atoms with Crippen molar-refractivity contribution in [2.24, 2.45) is 5.92 Å². The van der Waals surface area contributed by atoms with E-state index in [0.29, 0.717) is 19.0 Å². The summed E-state index contributed by atoms with van der Waals surface area (Å²) in [5, 5.41) is 3.11. The summed E-state index contributed by atoms with van der Waals surface area (Å²) in [6.07, 6.45) is 5.60. The Kier molecular flexibility index (Phi) is 6.07. The second-order valence-corrected chi connectivity index (χ2v) is 8.07. The number of nitrogens with one attached hydrogen (secondary N) is 1. The van der Waals surface area contributed by atoms with E-state index in [1.54, 1.807) is 0 Å². The fourth-order valence-electron chi connectivity index (χ4n) is 3.89. The average molecular weight is 401 g/mol. The lowest BCUT2D eigenvalue weighted by atomic mass is 9.97. The number of piperidine rings is 1. The van der Waals surface area contributed by atoms with Gasteiger partial charge >= 0.3 is 0 Å². The van der Waals surface area contributed by atoms with E-state index in [4.69, 9.17) is 0 Å². The van der Waals surface area contributed by atoms with Crippen molar-refractivity contribution >= 4 is 11.9 Å². The first kappa shape index (κ1) is 20.1. The van der Waals surface area contributed by atoms with Crippen molar-refractivity contribution in [3.63, 3.8) is 0 Å². The molecule has 0 bridgehead atoms. The molecule has 2 heterocycles. The van der Waals surface area contributed by atoms with Crippen molar-refractivity contribution in [3.8, 4) is 11.1 Å². The SMILES string of the molecule is Cc1ccc(-c2cnc(N3CCC[C@@H](C(=O)NCc4ccccc4C)C3)nc2)cc1. The van der Waals surface area contributed by atoms with Gasteiger partial charge in [0.15, 0.2) is 0 Å². The molecule has 0 saturated carbocycles. The molecule has 154 valence electrons. The van der Waals surface area contributed by atoms with E-state index in [-0.39, 0.29) is 11.8 Å².